The number of rotatable bonds is 2. The molecule has 3 nitrogen and oxygen atoms in total. The fourth-order valence-corrected chi connectivity index (χ4v) is 2.51. The minimum Gasteiger partial charge on any atom is -0.355 e. The van der Waals surface area contributed by atoms with Crippen molar-refractivity contribution in [1.29, 1.82) is 0 Å². The Morgan fingerprint density at radius 3 is 2.65 bits per heavy atom. The molecular weight excluding hydrogens is 248 g/mol. The van der Waals surface area contributed by atoms with Crippen molar-refractivity contribution in [2.75, 3.05) is 10.6 Å². The SMILES string of the molecule is CCC(=O)Nc1ccc2c(c1)Nc1ccccc1CC2. The van der Waals surface area contributed by atoms with Crippen LogP contribution in [0.4, 0.5) is 17.1 Å². The van der Waals surface area contributed by atoms with E-state index >= 15 is 0 Å². The van der Waals surface area contributed by atoms with Gasteiger partial charge in [0.15, 0.2) is 0 Å². The first-order valence-electron chi connectivity index (χ1n) is 7.04. The summed E-state index contributed by atoms with van der Waals surface area (Å²) in [6.07, 6.45) is 2.55. The van der Waals surface area contributed by atoms with E-state index in [1.807, 2.05) is 25.1 Å². The second-order valence-corrected chi connectivity index (χ2v) is 5.06. The summed E-state index contributed by atoms with van der Waals surface area (Å²) in [6.45, 7) is 1.85. The minimum absolute atomic E-state index is 0.0407. The lowest BCUT2D eigenvalue weighted by Crippen LogP contribution is -2.09. The maximum absolute atomic E-state index is 11.5. The second-order valence-electron chi connectivity index (χ2n) is 5.06. The molecule has 2 N–H and O–H groups in total. The highest BCUT2D eigenvalue weighted by Crippen LogP contribution is 2.31. The first-order chi connectivity index (χ1) is 9.76. The summed E-state index contributed by atoms with van der Waals surface area (Å²) < 4.78 is 0. The second kappa shape index (κ2) is 5.37. The Hall–Kier alpha value is -2.29. The third-order valence-corrected chi connectivity index (χ3v) is 3.67. The normalized spacial score (nSPS) is 12.7. The van der Waals surface area contributed by atoms with Gasteiger partial charge in [0.25, 0.3) is 0 Å². The zero-order chi connectivity index (χ0) is 13.9. The van der Waals surface area contributed by atoms with E-state index in [1.54, 1.807) is 0 Å². The van der Waals surface area contributed by atoms with E-state index in [4.69, 9.17) is 0 Å². The van der Waals surface area contributed by atoms with E-state index in [9.17, 15) is 4.79 Å². The summed E-state index contributed by atoms with van der Waals surface area (Å²) in [5, 5.41) is 6.39. The van der Waals surface area contributed by atoms with Crippen LogP contribution in [0.1, 0.15) is 24.5 Å². The Bertz CT molecular complexity index is 649. The monoisotopic (exact) mass is 266 g/mol. The first kappa shape index (κ1) is 12.7. The summed E-state index contributed by atoms with van der Waals surface area (Å²) in [5.74, 6) is 0.0407. The molecule has 102 valence electrons. The topological polar surface area (TPSA) is 41.1 Å². The number of hydrogen-bond donors (Lipinski definition) is 2. The van der Waals surface area contributed by atoms with Crippen LogP contribution in [0, 0.1) is 0 Å². The Morgan fingerprint density at radius 2 is 1.85 bits per heavy atom. The molecule has 0 radical (unpaired) electrons. The molecule has 3 heteroatoms. The van der Waals surface area contributed by atoms with Crippen molar-refractivity contribution in [2.24, 2.45) is 0 Å². The molecule has 0 fully saturated rings. The molecule has 1 aliphatic rings. The van der Waals surface area contributed by atoms with Crippen LogP contribution in [0.2, 0.25) is 0 Å². The molecule has 1 amide bonds. The molecule has 0 unspecified atom stereocenters. The number of amides is 1. The number of benzene rings is 2. The molecule has 0 aliphatic carbocycles. The predicted molar refractivity (Wildman–Crippen MR) is 82.5 cm³/mol. The molecule has 0 atom stereocenters. The lowest BCUT2D eigenvalue weighted by Gasteiger charge is -2.12. The van der Waals surface area contributed by atoms with Crippen molar-refractivity contribution in [2.45, 2.75) is 26.2 Å². The van der Waals surface area contributed by atoms with Crippen LogP contribution in [0.3, 0.4) is 0 Å². The van der Waals surface area contributed by atoms with Gasteiger partial charge >= 0.3 is 0 Å². The van der Waals surface area contributed by atoms with Gasteiger partial charge in [-0.3, -0.25) is 4.79 Å². The van der Waals surface area contributed by atoms with Gasteiger partial charge in [-0.05, 0) is 42.2 Å². The van der Waals surface area contributed by atoms with Crippen LogP contribution >= 0.6 is 0 Å². The fourth-order valence-electron chi connectivity index (χ4n) is 2.51. The maximum atomic E-state index is 11.5. The van der Waals surface area contributed by atoms with Crippen molar-refractivity contribution in [1.82, 2.24) is 0 Å². The number of carbonyl (C=O) groups is 1. The van der Waals surface area contributed by atoms with Crippen molar-refractivity contribution in [3.63, 3.8) is 0 Å². The van der Waals surface area contributed by atoms with E-state index in [-0.39, 0.29) is 5.91 Å². The van der Waals surface area contributed by atoms with Gasteiger partial charge in [-0.1, -0.05) is 31.2 Å². The summed E-state index contributed by atoms with van der Waals surface area (Å²) in [7, 11) is 0. The van der Waals surface area contributed by atoms with E-state index in [0.717, 1.165) is 29.9 Å². The molecule has 1 aliphatic heterocycles. The van der Waals surface area contributed by atoms with E-state index in [2.05, 4.69) is 34.9 Å². The van der Waals surface area contributed by atoms with Crippen molar-refractivity contribution < 1.29 is 4.79 Å². The average molecular weight is 266 g/mol. The number of fused-ring (bicyclic) bond motifs is 2. The number of anilines is 3. The molecule has 0 aromatic heterocycles. The highest BCUT2D eigenvalue weighted by molar-refractivity contribution is 5.91. The van der Waals surface area contributed by atoms with Gasteiger partial charge in [-0.25, -0.2) is 0 Å². The lowest BCUT2D eigenvalue weighted by atomic mass is 10.0. The average Bonchev–Trinajstić information content (AvgIpc) is 2.65. The molecule has 3 rings (SSSR count). The van der Waals surface area contributed by atoms with E-state index in [1.165, 1.54) is 11.1 Å². The number of aryl methyl sites for hydroxylation is 2. The van der Waals surface area contributed by atoms with Crippen LogP contribution in [-0.2, 0) is 17.6 Å². The van der Waals surface area contributed by atoms with Crippen LogP contribution < -0.4 is 10.6 Å². The smallest absolute Gasteiger partial charge is 0.224 e. The summed E-state index contributed by atoms with van der Waals surface area (Å²) in [6, 6.07) is 14.5. The fraction of sp³-hybridized carbons (Fsp3) is 0.235. The summed E-state index contributed by atoms with van der Waals surface area (Å²) >= 11 is 0. The molecule has 0 spiro atoms. The van der Waals surface area contributed by atoms with Crippen LogP contribution in [0.15, 0.2) is 42.5 Å². The molecule has 2 aromatic carbocycles. The van der Waals surface area contributed by atoms with Crippen molar-refractivity contribution >= 4 is 23.0 Å². The van der Waals surface area contributed by atoms with Gasteiger partial charge in [-0.2, -0.15) is 0 Å². The zero-order valence-electron chi connectivity index (χ0n) is 11.6. The van der Waals surface area contributed by atoms with Crippen LogP contribution in [0.25, 0.3) is 0 Å². The number of para-hydroxylation sites is 1. The zero-order valence-corrected chi connectivity index (χ0v) is 11.6. The quantitative estimate of drug-likeness (QED) is 0.866. The van der Waals surface area contributed by atoms with Crippen LogP contribution in [0.5, 0.6) is 0 Å². The van der Waals surface area contributed by atoms with Gasteiger partial charge < -0.3 is 10.6 Å². The van der Waals surface area contributed by atoms with Gasteiger partial charge in [-0.15, -0.1) is 0 Å². The number of nitrogens with one attached hydrogen (secondary N) is 2. The first-order valence-corrected chi connectivity index (χ1v) is 7.04. The lowest BCUT2D eigenvalue weighted by molar-refractivity contribution is -0.115. The molecule has 2 aromatic rings. The standard InChI is InChI=1S/C17H18N2O/c1-2-17(20)18-14-10-9-13-8-7-12-5-3-4-6-15(12)19-16(13)11-14/h3-6,9-11,19H,2,7-8H2,1H3,(H,18,20). The summed E-state index contributed by atoms with van der Waals surface area (Å²) in [4.78, 5) is 11.5. The third-order valence-electron chi connectivity index (χ3n) is 3.67. The van der Waals surface area contributed by atoms with Crippen molar-refractivity contribution in [3.8, 4) is 0 Å². The molecule has 0 saturated heterocycles. The Kier molecular flexibility index (Phi) is 3.42. The Morgan fingerprint density at radius 1 is 1.10 bits per heavy atom. The van der Waals surface area contributed by atoms with Gasteiger partial charge in [0.05, 0.1) is 0 Å². The molecular formula is C17H18N2O. The van der Waals surface area contributed by atoms with E-state index < -0.39 is 0 Å². The van der Waals surface area contributed by atoms with Gasteiger partial charge in [0.2, 0.25) is 5.91 Å². The van der Waals surface area contributed by atoms with Gasteiger partial charge in [0.1, 0.15) is 0 Å². The van der Waals surface area contributed by atoms with Crippen molar-refractivity contribution in [3.05, 3.63) is 53.6 Å². The molecule has 1 heterocycles. The number of carbonyl (C=O) groups excluding carboxylic acids is 1. The van der Waals surface area contributed by atoms with E-state index in [0.29, 0.717) is 6.42 Å². The Labute approximate surface area is 119 Å². The largest absolute Gasteiger partial charge is 0.355 e. The maximum Gasteiger partial charge on any atom is 0.224 e. The highest BCUT2D eigenvalue weighted by atomic mass is 16.1. The molecule has 20 heavy (non-hydrogen) atoms. The predicted octanol–water partition coefficient (Wildman–Crippen LogP) is 3.88. The minimum atomic E-state index is 0.0407. The van der Waals surface area contributed by atoms with Crippen LogP contribution in [-0.4, -0.2) is 5.91 Å². The summed E-state index contributed by atoms with van der Waals surface area (Å²) in [5.41, 5.74) is 5.72. The number of hydrogen-bond acceptors (Lipinski definition) is 2. The molecule has 0 bridgehead atoms. The third kappa shape index (κ3) is 2.52. The molecule has 0 saturated carbocycles. The Balaban J connectivity index is 1.92. The highest BCUT2D eigenvalue weighted by Gasteiger charge is 2.12. The van der Waals surface area contributed by atoms with Gasteiger partial charge in [0, 0.05) is 23.5 Å².